The van der Waals surface area contributed by atoms with Gasteiger partial charge in [0.05, 0.1) is 11.8 Å². The molecule has 0 spiro atoms. The Hall–Kier alpha value is -1.00. The molecule has 1 N–H and O–H groups in total. The Labute approximate surface area is 103 Å². The molecule has 17 heavy (non-hydrogen) atoms. The smallest absolute Gasteiger partial charge is 0.125 e. The number of hydrogen-bond acceptors (Lipinski definition) is 4. The Kier molecular flexibility index (Phi) is 4.45. The molecular weight excluding hydrogens is 214 g/mol. The van der Waals surface area contributed by atoms with Gasteiger partial charge in [0.1, 0.15) is 5.82 Å². The van der Waals surface area contributed by atoms with Gasteiger partial charge in [0, 0.05) is 25.9 Å². The Morgan fingerprint density at radius 2 is 2.35 bits per heavy atom. The molecule has 0 radical (unpaired) electrons. The molecule has 1 aromatic rings. The summed E-state index contributed by atoms with van der Waals surface area (Å²) in [6.07, 6.45) is 7.04. The maximum atomic E-state index is 5.43. The van der Waals surface area contributed by atoms with Gasteiger partial charge in [-0.1, -0.05) is 0 Å². The summed E-state index contributed by atoms with van der Waals surface area (Å²) in [4.78, 5) is 8.49. The highest BCUT2D eigenvalue weighted by Crippen LogP contribution is 2.20. The summed E-state index contributed by atoms with van der Waals surface area (Å²) in [5.74, 6) is 0.836. The van der Waals surface area contributed by atoms with Crippen LogP contribution in [-0.4, -0.2) is 29.2 Å². The number of rotatable bonds is 4. The predicted octanol–water partition coefficient (Wildman–Crippen LogP) is 1.83. The zero-order valence-electron chi connectivity index (χ0n) is 10.6. The molecule has 0 aromatic carbocycles. The van der Waals surface area contributed by atoms with Crippen molar-refractivity contribution in [2.75, 3.05) is 7.11 Å². The third-order valence-corrected chi connectivity index (χ3v) is 3.36. The standard InChI is InChI=1S/C13H21N3O/c1-10-14-7-6-12(16-10)9-15-11-4-3-5-13(8-11)17-2/h6-7,11,13,15H,3-5,8-9H2,1-2H3. The van der Waals surface area contributed by atoms with E-state index in [-0.39, 0.29) is 0 Å². The number of nitrogens with one attached hydrogen (secondary N) is 1. The molecule has 2 atom stereocenters. The third kappa shape index (κ3) is 3.75. The first-order chi connectivity index (χ1) is 8.28. The van der Waals surface area contributed by atoms with Crippen LogP contribution in [0.2, 0.25) is 0 Å². The van der Waals surface area contributed by atoms with E-state index in [0.29, 0.717) is 12.1 Å². The second kappa shape index (κ2) is 6.07. The van der Waals surface area contributed by atoms with Crippen LogP contribution >= 0.6 is 0 Å². The SMILES string of the molecule is COC1CCCC(NCc2ccnc(C)n2)C1. The Morgan fingerprint density at radius 3 is 3.12 bits per heavy atom. The topological polar surface area (TPSA) is 47.0 Å². The average Bonchev–Trinajstić information content (AvgIpc) is 2.37. The summed E-state index contributed by atoms with van der Waals surface area (Å²) >= 11 is 0. The summed E-state index contributed by atoms with van der Waals surface area (Å²) < 4.78 is 5.43. The minimum absolute atomic E-state index is 0.424. The molecule has 4 nitrogen and oxygen atoms in total. The molecule has 0 amide bonds. The molecule has 0 aliphatic heterocycles. The molecule has 1 aliphatic carbocycles. The van der Waals surface area contributed by atoms with Crippen LogP contribution < -0.4 is 5.32 Å². The zero-order valence-corrected chi connectivity index (χ0v) is 10.6. The zero-order chi connectivity index (χ0) is 12.1. The van der Waals surface area contributed by atoms with Gasteiger partial charge in [0.25, 0.3) is 0 Å². The molecule has 1 heterocycles. The number of aryl methyl sites for hydroxylation is 1. The summed E-state index contributed by atoms with van der Waals surface area (Å²) in [5.41, 5.74) is 1.07. The van der Waals surface area contributed by atoms with Crippen LogP contribution in [0.5, 0.6) is 0 Å². The highest BCUT2D eigenvalue weighted by atomic mass is 16.5. The molecule has 2 unspecified atom stereocenters. The van der Waals surface area contributed by atoms with Crippen LogP contribution in [-0.2, 0) is 11.3 Å². The van der Waals surface area contributed by atoms with Crippen molar-refractivity contribution in [3.63, 3.8) is 0 Å². The van der Waals surface area contributed by atoms with Crippen molar-refractivity contribution < 1.29 is 4.74 Å². The lowest BCUT2D eigenvalue weighted by atomic mass is 9.93. The molecule has 0 bridgehead atoms. The molecule has 2 rings (SSSR count). The Morgan fingerprint density at radius 1 is 1.47 bits per heavy atom. The monoisotopic (exact) mass is 235 g/mol. The lowest BCUT2D eigenvalue weighted by Crippen LogP contribution is -2.36. The maximum absolute atomic E-state index is 5.43. The van der Waals surface area contributed by atoms with Crippen LogP contribution in [0.3, 0.4) is 0 Å². The van der Waals surface area contributed by atoms with E-state index in [1.165, 1.54) is 19.3 Å². The number of hydrogen-bond donors (Lipinski definition) is 1. The van der Waals surface area contributed by atoms with Crippen LogP contribution in [0.25, 0.3) is 0 Å². The fourth-order valence-electron chi connectivity index (χ4n) is 2.40. The number of nitrogens with zero attached hydrogens (tertiary/aromatic N) is 2. The molecule has 4 heteroatoms. The van der Waals surface area contributed by atoms with Crippen LogP contribution in [0, 0.1) is 6.92 Å². The molecule has 0 saturated heterocycles. The van der Waals surface area contributed by atoms with Gasteiger partial charge < -0.3 is 10.1 Å². The van der Waals surface area contributed by atoms with Gasteiger partial charge in [0.15, 0.2) is 0 Å². The van der Waals surface area contributed by atoms with E-state index >= 15 is 0 Å². The summed E-state index contributed by atoms with van der Waals surface area (Å²) in [6, 6.07) is 2.53. The summed E-state index contributed by atoms with van der Waals surface area (Å²) in [5, 5.41) is 3.56. The Balaban J connectivity index is 1.81. The van der Waals surface area contributed by atoms with Crippen molar-refractivity contribution in [3.05, 3.63) is 23.8 Å². The van der Waals surface area contributed by atoms with E-state index in [1.807, 2.05) is 19.2 Å². The average molecular weight is 235 g/mol. The third-order valence-electron chi connectivity index (χ3n) is 3.36. The van der Waals surface area contributed by atoms with Crippen molar-refractivity contribution in [3.8, 4) is 0 Å². The summed E-state index contributed by atoms with van der Waals surface area (Å²) in [7, 11) is 1.81. The number of methoxy groups -OCH3 is 1. The predicted molar refractivity (Wildman–Crippen MR) is 66.7 cm³/mol. The first-order valence-corrected chi connectivity index (χ1v) is 6.32. The van der Waals surface area contributed by atoms with Crippen molar-refractivity contribution in [1.82, 2.24) is 15.3 Å². The second-order valence-electron chi connectivity index (χ2n) is 4.70. The van der Waals surface area contributed by atoms with Gasteiger partial charge >= 0.3 is 0 Å². The van der Waals surface area contributed by atoms with Crippen molar-refractivity contribution >= 4 is 0 Å². The van der Waals surface area contributed by atoms with Gasteiger partial charge in [-0.25, -0.2) is 9.97 Å². The molecule has 1 aliphatic rings. The van der Waals surface area contributed by atoms with Gasteiger partial charge in [-0.3, -0.25) is 0 Å². The van der Waals surface area contributed by atoms with Crippen molar-refractivity contribution in [2.45, 2.75) is 51.3 Å². The lowest BCUT2D eigenvalue weighted by Gasteiger charge is -2.28. The van der Waals surface area contributed by atoms with Crippen LogP contribution in [0.4, 0.5) is 0 Å². The minimum atomic E-state index is 0.424. The highest BCUT2D eigenvalue weighted by molar-refractivity contribution is 5.01. The van der Waals surface area contributed by atoms with E-state index in [2.05, 4.69) is 15.3 Å². The molecule has 1 saturated carbocycles. The minimum Gasteiger partial charge on any atom is -0.381 e. The van der Waals surface area contributed by atoms with Gasteiger partial charge in [-0.15, -0.1) is 0 Å². The van der Waals surface area contributed by atoms with E-state index < -0.39 is 0 Å². The Bertz CT molecular complexity index is 356. The van der Waals surface area contributed by atoms with Crippen LogP contribution in [0.15, 0.2) is 12.3 Å². The molecule has 1 aromatic heterocycles. The van der Waals surface area contributed by atoms with E-state index in [1.54, 1.807) is 7.11 Å². The quantitative estimate of drug-likeness (QED) is 0.865. The molecule has 1 fully saturated rings. The fraction of sp³-hybridized carbons (Fsp3) is 0.692. The fourth-order valence-corrected chi connectivity index (χ4v) is 2.40. The first-order valence-electron chi connectivity index (χ1n) is 6.32. The lowest BCUT2D eigenvalue weighted by molar-refractivity contribution is 0.0585. The van der Waals surface area contributed by atoms with Crippen LogP contribution in [0.1, 0.15) is 37.2 Å². The number of aromatic nitrogens is 2. The van der Waals surface area contributed by atoms with Gasteiger partial charge in [-0.2, -0.15) is 0 Å². The summed E-state index contributed by atoms with van der Waals surface area (Å²) in [6.45, 7) is 2.75. The van der Waals surface area contributed by atoms with E-state index in [4.69, 9.17) is 4.74 Å². The largest absolute Gasteiger partial charge is 0.381 e. The van der Waals surface area contributed by atoms with E-state index in [0.717, 1.165) is 24.5 Å². The molecule has 94 valence electrons. The normalized spacial score (nSPS) is 24.8. The number of ether oxygens (including phenoxy) is 1. The second-order valence-corrected chi connectivity index (χ2v) is 4.70. The maximum Gasteiger partial charge on any atom is 0.125 e. The van der Waals surface area contributed by atoms with Gasteiger partial charge in [-0.05, 0) is 38.7 Å². The van der Waals surface area contributed by atoms with Crippen molar-refractivity contribution in [2.24, 2.45) is 0 Å². The van der Waals surface area contributed by atoms with E-state index in [9.17, 15) is 0 Å². The van der Waals surface area contributed by atoms with Gasteiger partial charge in [0.2, 0.25) is 0 Å². The first kappa shape index (κ1) is 12.5. The van der Waals surface area contributed by atoms with Crippen molar-refractivity contribution in [1.29, 1.82) is 0 Å². The highest BCUT2D eigenvalue weighted by Gasteiger charge is 2.21. The molecular formula is C13H21N3O.